The fourth-order valence-electron chi connectivity index (χ4n) is 3.01. The molecule has 2 aliphatic rings. The van der Waals surface area contributed by atoms with E-state index in [0.717, 1.165) is 12.8 Å². The van der Waals surface area contributed by atoms with Crippen LogP contribution in [0.15, 0.2) is 0 Å². The van der Waals surface area contributed by atoms with Crippen LogP contribution in [0.5, 0.6) is 0 Å². The van der Waals surface area contributed by atoms with Crippen LogP contribution < -0.4 is 0 Å². The number of ether oxygens (including phenoxy) is 2. The van der Waals surface area contributed by atoms with Crippen molar-refractivity contribution >= 4 is 12.0 Å². The maximum Gasteiger partial charge on any atom is 0.320 e. The molecule has 3 atom stereocenters. The summed E-state index contributed by atoms with van der Waals surface area (Å²) in [4.78, 5) is 27.0. The molecule has 0 aromatic carbocycles. The third-order valence-electron chi connectivity index (χ3n) is 4.22. The second-order valence-corrected chi connectivity index (χ2v) is 5.61. The highest BCUT2D eigenvalue weighted by Crippen LogP contribution is 2.22. The number of nitrogens with zero attached hydrogens (tertiary/aromatic N) is 2. The quantitative estimate of drug-likeness (QED) is 0.824. The lowest BCUT2D eigenvalue weighted by molar-refractivity contribution is -0.142. The van der Waals surface area contributed by atoms with Gasteiger partial charge in [0.2, 0.25) is 0 Å². The zero-order valence-electron chi connectivity index (χ0n) is 12.7. The molecule has 2 saturated heterocycles. The fraction of sp³-hybridized carbons (Fsp3) is 0.857. The Morgan fingerprint density at radius 2 is 2.19 bits per heavy atom. The molecule has 0 aliphatic carbocycles. The van der Waals surface area contributed by atoms with Crippen LogP contribution in [-0.4, -0.2) is 79.0 Å². The first-order valence-corrected chi connectivity index (χ1v) is 7.48. The van der Waals surface area contributed by atoms with Crippen LogP contribution in [-0.2, 0) is 14.3 Å². The Balaban J connectivity index is 1.96. The number of likely N-dealkylation sites (tertiary alicyclic amines) is 1. The average Bonchev–Trinajstić information content (AvgIpc) is 2.96. The van der Waals surface area contributed by atoms with Crippen LogP contribution in [0.4, 0.5) is 4.79 Å². The van der Waals surface area contributed by atoms with E-state index < -0.39 is 17.9 Å². The summed E-state index contributed by atoms with van der Waals surface area (Å²) in [5.41, 5.74) is 0. The molecule has 2 amide bonds. The lowest BCUT2D eigenvalue weighted by atomic mass is 10.0. The van der Waals surface area contributed by atoms with Crippen LogP contribution in [0.2, 0.25) is 0 Å². The molecule has 2 heterocycles. The van der Waals surface area contributed by atoms with Gasteiger partial charge in [-0.2, -0.15) is 0 Å². The summed E-state index contributed by atoms with van der Waals surface area (Å²) < 4.78 is 10.8. The molecular formula is C14H24N2O5. The number of carbonyl (C=O) groups excluding carboxylic acids is 1. The molecule has 0 bridgehead atoms. The van der Waals surface area contributed by atoms with E-state index in [9.17, 15) is 14.7 Å². The van der Waals surface area contributed by atoms with Gasteiger partial charge in [0, 0.05) is 26.7 Å². The lowest BCUT2D eigenvalue weighted by Gasteiger charge is -2.37. The van der Waals surface area contributed by atoms with Crippen molar-refractivity contribution in [2.45, 2.75) is 31.9 Å². The van der Waals surface area contributed by atoms with Gasteiger partial charge in [-0.25, -0.2) is 4.79 Å². The first kappa shape index (κ1) is 16.0. The molecule has 7 heteroatoms. The Morgan fingerprint density at radius 3 is 2.86 bits per heavy atom. The van der Waals surface area contributed by atoms with Crippen molar-refractivity contribution in [1.29, 1.82) is 0 Å². The van der Waals surface area contributed by atoms with Gasteiger partial charge >= 0.3 is 12.0 Å². The summed E-state index contributed by atoms with van der Waals surface area (Å²) >= 11 is 0. The number of likely N-dealkylation sites (N-methyl/N-ethyl adjacent to an activating group) is 1. The van der Waals surface area contributed by atoms with E-state index in [-0.39, 0.29) is 25.3 Å². The first-order valence-electron chi connectivity index (χ1n) is 7.48. The Hall–Kier alpha value is -1.34. The molecule has 2 rings (SSSR count). The number of carboxylic acid groups (broad SMARTS) is 1. The molecule has 0 spiro atoms. The van der Waals surface area contributed by atoms with Gasteiger partial charge in [0.1, 0.15) is 5.92 Å². The van der Waals surface area contributed by atoms with Crippen molar-refractivity contribution in [2.24, 2.45) is 5.92 Å². The van der Waals surface area contributed by atoms with Crippen molar-refractivity contribution in [1.82, 2.24) is 9.80 Å². The van der Waals surface area contributed by atoms with E-state index in [4.69, 9.17) is 9.47 Å². The Morgan fingerprint density at radius 1 is 1.43 bits per heavy atom. The largest absolute Gasteiger partial charge is 0.481 e. The number of hydrogen-bond donors (Lipinski definition) is 1. The maximum atomic E-state index is 12.6. The second-order valence-electron chi connectivity index (χ2n) is 5.61. The van der Waals surface area contributed by atoms with Gasteiger partial charge in [-0.1, -0.05) is 0 Å². The number of aliphatic carboxylic acids is 1. The standard InChI is InChI=1S/C14H24N2O5/c1-3-21-10-5-4-6-16(7-10)14(19)15(2)12-9-20-8-11(12)13(17)18/h10-12H,3-9H2,1-2H3,(H,17,18). The number of rotatable bonds is 4. The Kier molecular flexibility index (Phi) is 5.41. The monoisotopic (exact) mass is 300 g/mol. The van der Waals surface area contributed by atoms with Gasteiger partial charge < -0.3 is 24.4 Å². The molecule has 0 radical (unpaired) electrons. The predicted octanol–water partition coefficient (Wildman–Crippen LogP) is 0.639. The van der Waals surface area contributed by atoms with Crippen molar-refractivity contribution in [2.75, 3.05) is 40.0 Å². The molecule has 21 heavy (non-hydrogen) atoms. The van der Waals surface area contributed by atoms with Crippen LogP contribution in [0, 0.1) is 5.92 Å². The van der Waals surface area contributed by atoms with Crippen molar-refractivity contribution in [3.05, 3.63) is 0 Å². The molecular weight excluding hydrogens is 276 g/mol. The van der Waals surface area contributed by atoms with Crippen LogP contribution in [0.3, 0.4) is 0 Å². The van der Waals surface area contributed by atoms with Crippen LogP contribution >= 0.6 is 0 Å². The fourth-order valence-corrected chi connectivity index (χ4v) is 3.01. The first-order chi connectivity index (χ1) is 10.0. The average molecular weight is 300 g/mol. The van der Waals surface area contributed by atoms with E-state index in [0.29, 0.717) is 19.7 Å². The summed E-state index contributed by atoms with van der Waals surface area (Å²) in [5, 5.41) is 9.19. The molecule has 2 aliphatic heterocycles. The third kappa shape index (κ3) is 3.65. The third-order valence-corrected chi connectivity index (χ3v) is 4.22. The van der Waals surface area contributed by atoms with E-state index in [1.54, 1.807) is 11.9 Å². The van der Waals surface area contributed by atoms with Crippen LogP contribution in [0.1, 0.15) is 19.8 Å². The summed E-state index contributed by atoms with van der Waals surface area (Å²) in [6, 6.07) is -0.538. The van der Waals surface area contributed by atoms with Gasteiger partial charge in [-0.05, 0) is 19.8 Å². The highest BCUT2D eigenvalue weighted by Gasteiger charge is 2.40. The second kappa shape index (κ2) is 7.09. The van der Waals surface area contributed by atoms with Crippen molar-refractivity contribution < 1.29 is 24.2 Å². The number of urea groups is 1. The van der Waals surface area contributed by atoms with Crippen molar-refractivity contribution in [3.8, 4) is 0 Å². The minimum Gasteiger partial charge on any atom is -0.481 e. The van der Waals surface area contributed by atoms with Gasteiger partial charge in [-0.3, -0.25) is 4.79 Å². The van der Waals surface area contributed by atoms with Gasteiger partial charge in [0.05, 0.1) is 25.4 Å². The topological polar surface area (TPSA) is 79.3 Å². The number of piperidine rings is 1. The van der Waals surface area contributed by atoms with Gasteiger partial charge in [0.15, 0.2) is 0 Å². The molecule has 120 valence electrons. The Bertz CT molecular complexity index is 388. The van der Waals surface area contributed by atoms with E-state index in [1.807, 2.05) is 6.92 Å². The number of hydrogen-bond acceptors (Lipinski definition) is 4. The van der Waals surface area contributed by atoms with Gasteiger partial charge in [0.25, 0.3) is 0 Å². The number of carbonyl (C=O) groups is 2. The maximum absolute atomic E-state index is 12.6. The van der Waals surface area contributed by atoms with Crippen LogP contribution in [0.25, 0.3) is 0 Å². The summed E-state index contributed by atoms with van der Waals surface area (Å²) in [6.45, 7) is 4.29. The highest BCUT2D eigenvalue weighted by atomic mass is 16.5. The minimum atomic E-state index is -0.914. The summed E-state index contributed by atoms with van der Waals surface area (Å²) in [5.74, 6) is -1.56. The predicted molar refractivity (Wildman–Crippen MR) is 75.1 cm³/mol. The minimum absolute atomic E-state index is 0.0798. The molecule has 3 unspecified atom stereocenters. The van der Waals surface area contributed by atoms with Crippen molar-refractivity contribution in [3.63, 3.8) is 0 Å². The zero-order chi connectivity index (χ0) is 15.4. The molecule has 0 saturated carbocycles. The molecule has 1 N–H and O–H groups in total. The van der Waals surface area contributed by atoms with E-state index in [1.165, 1.54) is 4.90 Å². The SMILES string of the molecule is CCOC1CCCN(C(=O)N(C)C2COCC2C(=O)O)C1. The molecule has 7 nitrogen and oxygen atoms in total. The number of amides is 2. The zero-order valence-corrected chi connectivity index (χ0v) is 12.7. The Labute approximate surface area is 124 Å². The van der Waals surface area contributed by atoms with E-state index in [2.05, 4.69) is 0 Å². The highest BCUT2D eigenvalue weighted by molar-refractivity contribution is 5.77. The summed E-state index contributed by atoms with van der Waals surface area (Å²) in [6.07, 6.45) is 1.95. The summed E-state index contributed by atoms with van der Waals surface area (Å²) in [7, 11) is 1.65. The normalized spacial score (nSPS) is 29.4. The smallest absolute Gasteiger partial charge is 0.320 e. The molecule has 0 aromatic heterocycles. The lowest BCUT2D eigenvalue weighted by Crippen LogP contribution is -2.53. The number of carboxylic acids is 1. The van der Waals surface area contributed by atoms with E-state index >= 15 is 0 Å². The van der Waals surface area contributed by atoms with Gasteiger partial charge in [-0.15, -0.1) is 0 Å². The molecule has 2 fully saturated rings. The molecule has 0 aromatic rings.